The number of hydrogen-bond acceptors (Lipinski definition) is 6. The maximum atomic E-state index is 11.8. The zero-order valence-electron chi connectivity index (χ0n) is 11.1. The number of aromatic nitrogens is 1. The lowest BCUT2D eigenvalue weighted by molar-refractivity contribution is 0.0272. The molecule has 19 heavy (non-hydrogen) atoms. The van der Waals surface area contributed by atoms with E-state index in [1.165, 1.54) is 6.26 Å². The van der Waals surface area contributed by atoms with Crippen molar-refractivity contribution in [1.82, 2.24) is 4.98 Å². The Labute approximate surface area is 113 Å². The van der Waals surface area contributed by atoms with Crippen molar-refractivity contribution in [3.05, 3.63) is 18.3 Å². The maximum Gasteiger partial charge on any atom is 0.179 e. The number of pyridine rings is 1. The van der Waals surface area contributed by atoms with Gasteiger partial charge in [-0.05, 0) is 19.1 Å². The van der Waals surface area contributed by atoms with Gasteiger partial charge in [-0.2, -0.15) is 0 Å². The standard InChI is InChI=1S/C12H19N3O3S/c1-9(13)10-8-15(6-7-18-10)12-11(19(2,16)17)4-3-5-14-12/h3-5,9-10H,6-8,13H2,1-2H3. The molecule has 106 valence electrons. The summed E-state index contributed by atoms with van der Waals surface area (Å²) in [4.78, 5) is 6.39. The van der Waals surface area contributed by atoms with Gasteiger partial charge in [0.2, 0.25) is 0 Å². The Morgan fingerprint density at radius 2 is 2.32 bits per heavy atom. The SMILES string of the molecule is CC(N)C1CN(c2ncccc2S(C)(=O)=O)CCO1. The van der Waals surface area contributed by atoms with Crippen molar-refractivity contribution in [3.63, 3.8) is 0 Å². The Bertz CT molecular complexity index is 545. The molecule has 1 aromatic rings. The number of sulfone groups is 1. The van der Waals surface area contributed by atoms with Gasteiger partial charge in [0.05, 0.1) is 12.7 Å². The first-order valence-corrected chi connectivity index (χ1v) is 8.06. The van der Waals surface area contributed by atoms with Crippen molar-refractivity contribution < 1.29 is 13.2 Å². The molecule has 1 aromatic heterocycles. The van der Waals surface area contributed by atoms with Crippen LogP contribution in [-0.4, -0.2) is 51.5 Å². The number of anilines is 1. The van der Waals surface area contributed by atoms with E-state index >= 15 is 0 Å². The van der Waals surface area contributed by atoms with Gasteiger partial charge >= 0.3 is 0 Å². The molecule has 2 unspecified atom stereocenters. The van der Waals surface area contributed by atoms with Crippen LogP contribution in [0.1, 0.15) is 6.92 Å². The van der Waals surface area contributed by atoms with E-state index in [9.17, 15) is 8.42 Å². The summed E-state index contributed by atoms with van der Waals surface area (Å²) in [5, 5.41) is 0. The largest absolute Gasteiger partial charge is 0.373 e. The van der Waals surface area contributed by atoms with Crippen LogP contribution < -0.4 is 10.6 Å². The molecule has 1 fully saturated rings. The molecule has 6 nitrogen and oxygen atoms in total. The first-order valence-electron chi connectivity index (χ1n) is 6.17. The van der Waals surface area contributed by atoms with Gasteiger partial charge in [-0.15, -0.1) is 0 Å². The van der Waals surface area contributed by atoms with Crippen molar-refractivity contribution in [3.8, 4) is 0 Å². The molecule has 2 heterocycles. The second-order valence-corrected chi connectivity index (χ2v) is 6.80. The highest BCUT2D eigenvalue weighted by molar-refractivity contribution is 7.90. The Morgan fingerprint density at radius 1 is 1.58 bits per heavy atom. The van der Waals surface area contributed by atoms with E-state index < -0.39 is 9.84 Å². The summed E-state index contributed by atoms with van der Waals surface area (Å²) in [5.41, 5.74) is 5.84. The van der Waals surface area contributed by atoms with Crippen LogP contribution in [0, 0.1) is 0 Å². The molecule has 0 spiro atoms. The summed E-state index contributed by atoms with van der Waals surface area (Å²) in [5.74, 6) is 0.485. The maximum absolute atomic E-state index is 11.8. The van der Waals surface area contributed by atoms with Crippen LogP contribution in [0.4, 0.5) is 5.82 Å². The fraction of sp³-hybridized carbons (Fsp3) is 0.583. The molecule has 1 aliphatic rings. The highest BCUT2D eigenvalue weighted by atomic mass is 32.2. The third-order valence-electron chi connectivity index (χ3n) is 3.13. The lowest BCUT2D eigenvalue weighted by atomic mass is 10.1. The summed E-state index contributed by atoms with van der Waals surface area (Å²) in [7, 11) is -3.30. The van der Waals surface area contributed by atoms with Crippen molar-refractivity contribution in [2.24, 2.45) is 5.73 Å². The zero-order chi connectivity index (χ0) is 14.0. The van der Waals surface area contributed by atoms with E-state index in [0.717, 1.165) is 0 Å². The highest BCUT2D eigenvalue weighted by Gasteiger charge is 2.27. The second kappa shape index (κ2) is 5.44. The molecule has 0 bridgehead atoms. The molecule has 0 radical (unpaired) electrons. The van der Waals surface area contributed by atoms with Crippen LogP contribution in [-0.2, 0) is 14.6 Å². The van der Waals surface area contributed by atoms with Crippen LogP contribution in [0.15, 0.2) is 23.2 Å². The minimum atomic E-state index is -3.30. The number of nitrogens with two attached hydrogens (primary N) is 1. The van der Waals surface area contributed by atoms with Crippen molar-refractivity contribution in [1.29, 1.82) is 0 Å². The van der Waals surface area contributed by atoms with Gasteiger partial charge < -0.3 is 15.4 Å². The van der Waals surface area contributed by atoms with Crippen LogP contribution >= 0.6 is 0 Å². The van der Waals surface area contributed by atoms with E-state index in [1.54, 1.807) is 18.3 Å². The van der Waals surface area contributed by atoms with Gasteiger partial charge in [-0.25, -0.2) is 13.4 Å². The minimum absolute atomic E-state index is 0.104. The van der Waals surface area contributed by atoms with Crippen LogP contribution in [0.25, 0.3) is 0 Å². The first kappa shape index (κ1) is 14.2. The Kier molecular flexibility index (Phi) is 4.07. The molecule has 2 rings (SSSR count). The fourth-order valence-corrected chi connectivity index (χ4v) is 2.93. The molecule has 2 atom stereocenters. The van der Waals surface area contributed by atoms with Crippen molar-refractivity contribution in [2.75, 3.05) is 30.9 Å². The number of morpholine rings is 1. The van der Waals surface area contributed by atoms with Gasteiger partial charge in [-0.3, -0.25) is 0 Å². The average molecular weight is 285 g/mol. The average Bonchev–Trinajstić information content (AvgIpc) is 2.38. The molecule has 0 aliphatic carbocycles. The van der Waals surface area contributed by atoms with Crippen LogP contribution in [0.3, 0.4) is 0 Å². The number of rotatable bonds is 3. The summed E-state index contributed by atoms with van der Waals surface area (Å²) >= 11 is 0. The zero-order valence-corrected chi connectivity index (χ0v) is 11.9. The van der Waals surface area contributed by atoms with E-state index in [4.69, 9.17) is 10.5 Å². The lowest BCUT2D eigenvalue weighted by Gasteiger charge is -2.36. The number of ether oxygens (including phenoxy) is 1. The molecule has 0 saturated carbocycles. The quantitative estimate of drug-likeness (QED) is 0.844. The van der Waals surface area contributed by atoms with Gasteiger partial charge in [0.15, 0.2) is 9.84 Å². The third-order valence-corrected chi connectivity index (χ3v) is 4.25. The third kappa shape index (κ3) is 3.23. The van der Waals surface area contributed by atoms with E-state index in [2.05, 4.69) is 4.98 Å². The second-order valence-electron chi connectivity index (χ2n) is 4.81. The van der Waals surface area contributed by atoms with Gasteiger partial charge in [0.1, 0.15) is 10.7 Å². The highest BCUT2D eigenvalue weighted by Crippen LogP contribution is 2.24. The molecule has 0 aromatic carbocycles. The smallest absolute Gasteiger partial charge is 0.179 e. The molecular formula is C12H19N3O3S. The topological polar surface area (TPSA) is 85.5 Å². The van der Waals surface area contributed by atoms with Crippen LogP contribution in [0.2, 0.25) is 0 Å². The Balaban J connectivity index is 2.32. The predicted octanol–water partition coefficient (Wildman–Crippen LogP) is 0.0375. The van der Waals surface area contributed by atoms with Crippen LogP contribution in [0.5, 0.6) is 0 Å². The molecule has 2 N–H and O–H groups in total. The van der Waals surface area contributed by atoms with E-state index in [-0.39, 0.29) is 17.0 Å². The van der Waals surface area contributed by atoms with E-state index in [1.807, 2.05) is 11.8 Å². The van der Waals surface area contributed by atoms with Gasteiger partial charge in [0.25, 0.3) is 0 Å². The summed E-state index contributed by atoms with van der Waals surface area (Å²) in [6.45, 7) is 3.57. The summed E-state index contributed by atoms with van der Waals surface area (Å²) in [6, 6.07) is 3.10. The van der Waals surface area contributed by atoms with Crippen molar-refractivity contribution >= 4 is 15.7 Å². The molecule has 1 aliphatic heterocycles. The van der Waals surface area contributed by atoms with Gasteiger partial charge in [0, 0.05) is 31.6 Å². The summed E-state index contributed by atoms with van der Waals surface area (Å²) in [6.07, 6.45) is 2.68. The Morgan fingerprint density at radius 3 is 2.95 bits per heavy atom. The van der Waals surface area contributed by atoms with E-state index in [0.29, 0.717) is 25.5 Å². The lowest BCUT2D eigenvalue weighted by Crippen LogP contribution is -2.50. The predicted molar refractivity (Wildman–Crippen MR) is 72.9 cm³/mol. The number of nitrogens with zero attached hydrogens (tertiary/aromatic N) is 2. The Hall–Kier alpha value is -1.18. The monoisotopic (exact) mass is 285 g/mol. The van der Waals surface area contributed by atoms with Crippen molar-refractivity contribution in [2.45, 2.75) is 24.0 Å². The minimum Gasteiger partial charge on any atom is -0.373 e. The van der Waals surface area contributed by atoms with Gasteiger partial charge in [-0.1, -0.05) is 0 Å². The summed E-state index contributed by atoms with van der Waals surface area (Å²) < 4.78 is 29.2. The molecule has 7 heteroatoms. The normalized spacial score (nSPS) is 22.3. The molecule has 0 amide bonds. The molecular weight excluding hydrogens is 266 g/mol. The fourth-order valence-electron chi connectivity index (χ4n) is 2.10. The first-order chi connectivity index (χ1) is 8.89. The number of hydrogen-bond donors (Lipinski definition) is 1. The molecule has 1 saturated heterocycles.